The lowest BCUT2D eigenvalue weighted by Crippen LogP contribution is -2.46. The fourth-order valence-electron chi connectivity index (χ4n) is 3.09. The van der Waals surface area contributed by atoms with Crippen molar-refractivity contribution in [3.05, 3.63) is 69.3 Å². The Labute approximate surface area is 149 Å². The van der Waals surface area contributed by atoms with Gasteiger partial charge in [-0.3, -0.25) is 15.0 Å². The van der Waals surface area contributed by atoms with Gasteiger partial charge in [0.1, 0.15) is 5.82 Å². The van der Waals surface area contributed by atoms with Gasteiger partial charge in [-0.1, -0.05) is 12.1 Å². The van der Waals surface area contributed by atoms with Gasteiger partial charge >= 0.3 is 0 Å². The van der Waals surface area contributed by atoms with E-state index in [0.717, 1.165) is 11.6 Å². The van der Waals surface area contributed by atoms with E-state index in [1.165, 1.54) is 18.2 Å². The zero-order chi connectivity index (χ0) is 18.7. The molecule has 0 amide bonds. The molecular weight excluding hydrogens is 344 g/mol. The van der Waals surface area contributed by atoms with Gasteiger partial charge < -0.3 is 10.0 Å². The predicted molar refractivity (Wildman–Crippen MR) is 92.9 cm³/mol. The number of anilines is 1. The molecule has 2 aromatic carbocycles. The van der Waals surface area contributed by atoms with Crippen molar-refractivity contribution in [1.29, 1.82) is 0 Å². The summed E-state index contributed by atoms with van der Waals surface area (Å²) in [7, 11) is 0. The van der Waals surface area contributed by atoms with E-state index in [1.54, 1.807) is 12.1 Å². The van der Waals surface area contributed by atoms with E-state index >= 15 is 0 Å². The molecule has 1 saturated heterocycles. The predicted octanol–water partition coefficient (Wildman–Crippen LogP) is 2.69. The molecule has 1 N–H and O–H groups in total. The van der Waals surface area contributed by atoms with E-state index in [2.05, 4.69) is 4.90 Å². The lowest BCUT2D eigenvalue weighted by molar-refractivity contribution is -0.385. The first kappa shape index (κ1) is 18.2. The number of benzene rings is 2. The van der Waals surface area contributed by atoms with E-state index in [4.69, 9.17) is 5.11 Å². The third-order valence-corrected chi connectivity index (χ3v) is 4.55. The van der Waals surface area contributed by atoms with Gasteiger partial charge in [-0.15, -0.1) is 0 Å². The minimum absolute atomic E-state index is 0.266. The summed E-state index contributed by atoms with van der Waals surface area (Å²) in [6, 6.07) is 8.47. The number of aliphatic hydroxyl groups is 1. The molecule has 6 nitrogen and oxygen atoms in total. The number of piperazine rings is 1. The van der Waals surface area contributed by atoms with Crippen LogP contribution < -0.4 is 4.90 Å². The largest absolute Gasteiger partial charge is 0.392 e. The maximum absolute atomic E-state index is 14.1. The smallest absolute Gasteiger partial charge is 0.272 e. The molecule has 3 rings (SSSR count). The molecule has 0 atom stereocenters. The molecule has 26 heavy (non-hydrogen) atoms. The number of nitro benzene ring substituents is 1. The van der Waals surface area contributed by atoms with Crippen LogP contribution in [0.15, 0.2) is 36.4 Å². The van der Waals surface area contributed by atoms with Crippen LogP contribution in [-0.4, -0.2) is 41.1 Å². The Hall–Kier alpha value is -2.58. The Balaban J connectivity index is 1.61. The van der Waals surface area contributed by atoms with Crippen LogP contribution in [0.1, 0.15) is 11.1 Å². The highest BCUT2D eigenvalue weighted by Crippen LogP contribution is 2.25. The number of rotatable bonds is 5. The third kappa shape index (κ3) is 3.97. The average Bonchev–Trinajstić information content (AvgIpc) is 2.62. The third-order valence-electron chi connectivity index (χ3n) is 4.55. The van der Waals surface area contributed by atoms with Crippen LogP contribution >= 0.6 is 0 Å². The molecule has 1 heterocycles. The summed E-state index contributed by atoms with van der Waals surface area (Å²) >= 11 is 0. The van der Waals surface area contributed by atoms with Gasteiger partial charge in [-0.25, -0.2) is 8.78 Å². The molecule has 0 saturated carbocycles. The van der Waals surface area contributed by atoms with Crippen molar-refractivity contribution in [3.8, 4) is 0 Å². The van der Waals surface area contributed by atoms with Gasteiger partial charge in [0.2, 0.25) is 0 Å². The molecule has 8 heteroatoms. The van der Waals surface area contributed by atoms with E-state index in [9.17, 15) is 18.9 Å². The summed E-state index contributed by atoms with van der Waals surface area (Å²) in [5, 5.41) is 19.7. The molecule has 138 valence electrons. The van der Waals surface area contributed by atoms with Crippen molar-refractivity contribution in [3.63, 3.8) is 0 Å². The summed E-state index contributed by atoms with van der Waals surface area (Å²) < 4.78 is 27.9. The molecule has 0 bridgehead atoms. The maximum atomic E-state index is 14.1. The molecule has 1 fully saturated rings. The van der Waals surface area contributed by atoms with Gasteiger partial charge in [0.15, 0.2) is 5.82 Å². The Kier molecular flexibility index (Phi) is 5.43. The van der Waals surface area contributed by atoms with Crippen LogP contribution in [0.3, 0.4) is 0 Å². The van der Waals surface area contributed by atoms with Crippen LogP contribution in [0.2, 0.25) is 0 Å². The van der Waals surface area contributed by atoms with Crippen LogP contribution in [0.5, 0.6) is 0 Å². The summed E-state index contributed by atoms with van der Waals surface area (Å²) in [5.41, 5.74) is 1.17. The molecular formula is C18H19F2N3O3. The zero-order valence-electron chi connectivity index (χ0n) is 14.1. The lowest BCUT2D eigenvalue weighted by Gasteiger charge is -2.36. The van der Waals surface area contributed by atoms with Crippen LogP contribution in [0.4, 0.5) is 20.2 Å². The highest BCUT2D eigenvalue weighted by Gasteiger charge is 2.21. The quantitative estimate of drug-likeness (QED) is 0.653. The number of non-ortho nitro benzene ring substituents is 1. The molecule has 0 aliphatic carbocycles. The van der Waals surface area contributed by atoms with Crippen molar-refractivity contribution >= 4 is 11.4 Å². The van der Waals surface area contributed by atoms with Crippen LogP contribution in [-0.2, 0) is 13.2 Å². The fourth-order valence-corrected chi connectivity index (χ4v) is 3.09. The van der Waals surface area contributed by atoms with Gasteiger partial charge in [0.05, 0.1) is 23.3 Å². The first-order valence-electron chi connectivity index (χ1n) is 8.27. The highest BCUT2D eigenvalue weighted by atomic mass is 19.1. The fraction of sp³-hybridized carbons (Fsp3) is 0.333. The van der Waals surface area contributed by atoms with Gasteiger partial charge in [-0.2, -0.15) is 0 Å². The lowest BCUT2D eigenvalue weighted by atomic mass is 10.1. The molecule has 0 radical (unpaired) electrons. The molecule has 0 unspecified atom stereocenters. The number of nitro groups is 1. The number of halogens is 2. The average molecular weight is 363 g/mol. The summed E-state index contributed by atoms with van der Waals surface area (Å²) in [4.78, 5) is 14.1. The van der Waals surface area contributed by atoms with E-state index < -0.39 is 16.6 Å². The van der Waals surface area contributed by atoms with Crippen molar-refractivity contribution < 1.29 is 18.8 Å². The number of hydrogen-bond donors (Lipinski definition) is 1. The maximum Gasteiger partial charge on any atom is 0.272 e. The Morgan fingerprint density at radius 1 is 1.04 bits per heavy atom. The first-order chi connectivity index (χ1) is 12.5. The number of hydrogen-bond acceptors (Lipinski definition) is 5. The standard InChI is InChI=1S/C18H19F2N3O3/c19-16-9-13(1-2-14(16)12-24)11-21-5-7-22(8-6-21)18-4-3-15(23(25)26)10-17(18)20/h1-4,9-10,24H,5-8,11-12H2. The second kappa shape index (κ2) is 7.76. The monoisotopic (exact) mass is 363 g/mol. The van der Waals surface area contributed by atoms with E-state index in [1.807, 2.05) is 4.90 Å². The first-order valence-corrected chi connectivity index (χ1v) is 8.27. The Bertz CT molecular complexity index is 808. The van der Waals surface area contributed by atoms with Crippen LogP contribution in [0.25, 0.3) is 0 Å². The zero-order valence-corrected chi connectivity index (χ0v) is 14.1. The molecule has 1 aliphatic heterocycles. The number of nitrogens with zero attached hydrogens (tertiary/aromatic N) is 3. The van der Waals surface area contributed by atoms with Crippen molar-refractivity contribution in [2.45, 2.75) is 13.2 Å². The van der Waals surface area contributed by atoms with E-state index in [-0.39, 0.29) is 17.9 Å². The van der Waals surface area contributed by atoms with Gasteiger partial charge in [0, 0.05) is 44.4 Å². The SMILES string of the molecule is O=[N+]([O-])c1ccc(N2CCN(Cc3ccc(CO)c(F)c3)CC2)c(F)c1. The minimum atomic E-state index is -0.619. The Morgan fingerprint density at radius 3 is 2.35 bits per heavy atom. The Morgan fingerprint density at radius 2 is 1.77 bits per heavy atom. The molecule has 2 aromatic rings. The molecule has 0 spiro atoms. The number of aliphatic hydroxyl groups excluding tert-OH is 1. The van der Waals surface area contributed by atoms with E-state index in [0.29, 0.717) is 38.4 Å². The summed E-state index contributed by atoms with van der Waals surface area (Å²) in [6.45, 7) is 2.72. The molecule has 1 aliphatic rings. The second-order valence-corrected chi connectivity index (χ2v) is 6.24. The topological polar surface area (TPSA) is 69.9 Å². The van der Waals surface area contributed by atoms with Crippen molar-refractivity contribution in [2.75, 3.05) is 31.1 Å². The normalized spacial score (nSPS) is 15.3. The highest BCUT2D eigenvalue weighted by molar-refractivity contribution is 5.52. The summed E-state index contributed by atoms with van der Waals surface area (Å²) in [5.74, 6) is -1.02. The van der Waals surface area contributed by atoms with Crippen molar-refractivity contribution in [1.82, 2.24) is 4.90 Å². The van der Waals surface area contributed by atoms with Crippen molar-refractivity contribution in [2.24, 2.45) is 0 Å². The van der Waals surface area contributed by atoms with Gasteiger partial charge in [0.25, 0.3) is 5.69 Å². The second-order valence-electron chi connectivity index (χ2n) is 6.24. The summed E-state index contributed by atoms with van der Waals surface area (Å²) in [6.07, 6.45) is 0. The molecule has 0 aromatic heterocycles. The minimum Gasteiger partial charge on any atom is -0.392 e. The van der Waals surface area contributed by atoms with Crippen LogP contribution in [0, 0.1) is 21.7 Å². The van der Waals surface area contributed by atoms with Gasteiger partial charge in [-0.05, 0) is 17.7 Å².